The molecule has 0 bridgehead atoms. The number of carbonyl (C=O) groups is 1. The van der Waals surface area contributed by atoms with Crippen LogP contribution in [0.5, 0.6) is 0 Å². The minimum absolute atomic E-state index is 0.0787. The quantitative estimate of drug-likeness (QED) is 0.783. The summed E-state index contributed by atoms with van der Waals surface area (Å²) in [6, 6.07) is 0. The highest BCUT2D eigenvalue weighted by atomic mass is 32.1. The number of thiophene rings is 1. The van der Waals surface area contributed by atoms with Gasteiger partial charge in [0.15, 0.2) is 0 Å². The maximum Gasteiger partial charge on any atom is 0.410 e. The Hall–Kier alpha value is -2.41. The Morgan fingerprint density at radius 3 is 2.96 bits per heavy atom. The van der Waals surface area contributed by atoms with Crippen molar-refractivity contribution in [2.75, 3.05) is 13.2 Å². The van der Waals surface area contributed by atoms with Gasteiger partial charge in [0.05, 0.1) is 18.5 Å². The van der Waals surface area contributed by atoms with Crippen LogP contribution in [0.4, 0.5) is 4.79 Å². The third-order valence-electron chi connectivity index (χ3n) is 5.65. The molecule has 148 valence electrons. The van der Waals surface area contributed by atoms with E-state index in [1.165, 1.54) is 16.9 Å². The van der Waals surface area contributed by atoms with Crippen molar-refractivity contribution in [2.24, 2.45) is 5.92 Å². The van der Waals surface area contributed by atoms with Crippen molar-refractivity contribution in [3.05, 3.63) is 44.8 Å². The number of carbonyl (C=O) groups excluding carboxylic acids is 1. The smallest absolute Gasteiger partial charge is 0.410 e. The van der Waals surface area contributed by atoms with Gasteiger partial charge in [-0.2, -0.15) is 0 Å². The number of fused-ring (bicyclic) bond motifs is 3. The zero-order valence-electron chi connectivity index (χ0n) is 16.3. The summed E-state index contributed by atoms with van der Waals surface area (Å²) in [5.74, 6) is 1.20. The van der Waals surface area contributed by atoms with E-state index in [9.17, 15) is 9.59 Å². The van der Waals surface area contributed by atoms with Crippen LogP contribution in [0.2, 0.25) is 0 Å². The molecule has 1 amide bonds. The first kappa shape index (κ1) is 18.9. The number of aromatic nitrogens is 2. The van der Waals surface area contributed by atoms with Gasteiger partial charge < -0.3 is 14.6 Å². The highest BCUT2D eigenvalue weighted by Gasteiger charge is 2.27. The molecule has 2 aromatic heterocycles. The molecule has 28 heavy (non-hydrogen) atoms. The number of nitrogens with zero attached hydrogens (tertiary/aromatic N) is 2. The maximum atomic E-state index is 12.8. The van der Waals surface area contributed by atoms with Crippen LogP contribution >= 0.6 is 11.3 Å². The largest absolute Gasteiger partial charge is 0.450 e. The summed E-state index contributed by atoms with van der Waals surface area (Å²) in [4.78, 5) is 36.1. The van der Waals surface area contributed by atoms with E-state index >= 15 is 0 Å². The molecule has 6 nitrogen and oxygen atoms in total. The van der Waals surface area contributed by atoms with Gasteiger partial charge >= 0.3 is 6.09 Å². The summed E-state index contributed by atoms with van der Waals surface area (Å²) in [6.07, 6.45) is 5.42. The van der Waals surface area contributed by atoms with Crippen molar-refractivity contribution in [1.82, 2.24) is 14.9 Å². The third-order valence-corrected chi connectivity index (χ3v) is 6.76. The van der Waals surface area contributed by atoms with E-state index < -0.39 is 0 Å². The highest BCUT2D eigenvalue weighted by molar-refractivity contribution is 7.18. The standard InChI is InChI=1S/C21H25N3O3S/c1-4-27-21(26)24-10-9-15-16(11-24)28-20-17(15)19(25)22-18(23-20)14-7-5-13(6-8-14)12(2)3/h7,13H,2,4-6,8-11H2,1,3H3,(H,22,23,25). The fraction of sp³-hybridized carbons (Fsp3) is 0.476. The first-order valence-corrected chi connectivity index (χ1v) is 10.6. The number of amides is 1. The van der Waals surface area contributed by atoms with Gasteiger partial charge in [-0.3, -0.25) is 4.79 Å². The van der Waals surface area contributed by atoms with E-state index in [-0.39, 0.29) is 11.7 Å². The lowest BCUT2D eigenvalue weighted by Crippen LogP contribution is -2.36. The molecule has 4 rings (SSSR count). The average molecular weight is 400 g/mol. The molecule has 0 radical (unpaired) electrons. The van der Waals surface area contributed by atoms with Gasteiger partial charge in [0.2, 0.25) is 0 Å². The van der Waals surface area contributed by atoms with Crippen LogP contribution in [-0.2, 0) is 17.7 Å². The maximum absolute atomic E-state index is 12.8. The summed E-state index contributed by atoms with van der Waals surface area (Å²) in [7, 11) is 0. The molecule has 1 atom stereocenters. The van der Waals surface area contributed by atoms with E-state index in [4.69, 9.17) is 9.72 Å². The van der Waals surface area contributed by atoms with E-state index in [2.05, 4.69) is 24.6 Å². The van der Waals surface area contributed by atoms with Gasteiger partial charge in [0, 0.05) is 11.4 Å². The van der Waals surface area contributed by atoms with Crippen LogP contribution in [-0.4, -0.2) is 34.1 Å². The van der Waals surface area contributed by atoms with Crippen LogP contribution in [0, 0.1) is 5.92 Å². The summed E-state index contributed by atoms with van der Waals surface area (Å²) >= 11 is 1.51. The van der Waals surface area contributed by atoms with Crippen molar-refractivity contribution >= 4 is 33.2 Å². The molecule has 1 aliphatic carbocycles. The fourth-order valence-electron chi connectivity index (χ4n) is 4.02. The number of nitrogens with one attached hydrogen (secondary N) is 1. The average Bonchev–Trinajstić information content (AvgIpc) is 3.06. The van der Waals surface area contributed by atoms with E-state index in [0.717, 1.165) is 40.1 Å². The van der Waals surface area contributed by atoms with Gasteiger partial charge in [0.1, 0.15) is 10.7 Å². The Bertz CT molecular complexity index is 1030. The lowest BCUT2D eigenvalue weighted by molar-refractivity contribution is 0.103. The molecule has 0 aromatic carbocycles. The van der Waals surface area contributed by atoms with Crippen LogP contribution in [0.25, 0.3) is 15.8 Å². The predicted molar refractivity (Wildman–Crippen MR) is 112 cm³/mol. The minimum atomic E-state index is -0.299. The number of H-pyrrole nitrogens is 1. The first-order valence-electron chi connectivity index (χ1n) is 9.79. The van der Waals surface area contributed by atoms with E-state index in [0.29, 0.717) is 43.2 Å². The highest BCUT2D eigenvalue weighted by Crippen LogP contribution is 2.35. The zero-order chi connectivity index (χ0) is 19.8. The van der Waals surface area contributed by atoms with Crippen molar-refractivity contribution in [3.8, 4) is 0 Å². The van der Waals surface area contributed by atoms with Gasteiger partial charge in [-0.15, -0.1) is 11.3 Å². The van der Waals surface area contributed by atoms with Crippen molar-refractivity contribution in [1.29, 1.82) is 0 Å². The van der Waals surface area contributed by atoms with Gasteiger partial charge in [-0.05, 0) is 56.6 Å². The molecule has 1 unspecified atom stereocenters. The Morgan fingerprint density at radius 2 is 2.29 bits per heavy atom. The van der Waals surface area contributed by atoms with Crippen LogP contribution in [0.1, 0.15) is 49.4 Å². The van der Waals surface area contributed by atoms with E-state index in [1.54, 1.807) is 11.8 Å². The SMILES string of the molecule is C=C(C)C1CC=C(c2nc3sc4c(c3c(=O)[nH]2)CCN(C(=O)OCC)C4)CC1. The number of hydrogen-bond acceptors (Lipinski definition) is 5. The van der Waals surface area contributed by atoms with Gasteiger partial charge in [-0.25, -0.2) is 9.78 Å². The van der Waals surface area contributed by atoms with Crippen LogP contribution in [0.15, 0.2) is 23.0 Å². The van der Waals surface area contributed by atoms with E-state index in [1.807, 2.05) is 0 Å². The monoisotopic (exact) mass is 399 g/mol. The molecule has 0 fully saturated rings. The molecule has 3 heterocycles. The fourth-order valence-corrected chi connectivity index (χ4v) is 5.26. The third kappa shape index (κ3) is 3.39. The Balaban J connectivity index is 1.65. The summed E-state index contributed by atoms with van der Waals surface area (Å²) in [6.45, 7) is 9.34. The summed E-state index contributed by atoms with van der Waals surface area (Å²) < 4.78 is 5.11. The van der Waals surface area contributed by atoms with Gasteiger partial charge in [0.25, 0.3) is 5.56 Å². The second-order valence-electron chi connectivity index (χ2n) is 7.52. The molecule has 1 aliphatic heterocycles. The minimum Gasteiger partial charge on any atom is -0.450 e. The van der Waals surface area contributed by atoms with Crippen molar-refractivity contribution in [2.45, 2.75) is 46.1 Å². The predicted octanol–water partition coefficient (Wildman–Crippen LogP) is 4.26. The summed E-state index contributed by atoms with van der Waals surface area (Å²) in [5.41, 5.74) is 3.27. The number of hydrogen-bond donors (Lipinski definition) is 1. The second-order valence-corrected chi connectivity index (χ2v) is 8.60. The molecule has 2 aliphatic rings. The van der Waals surface area contributed by atoms with Crippen LogP contribution < -0.4 is 5.56 Å². The molecule has 0 saturated heterocycles. The van der Waals surface area contributed by atoms with Crippen molar-refractivity contribution < 1.29 is 9.53 Å². The normalized spacial score (nSPS) is 19.3. The first-order chi connectivity index (χ1) is 13.5. The zero-order valence-corrected chi connectivity index (χ0v) is 17.2. The molecular weight excluding hydrogens is 374 g/mol. The Labute approximate surface area is 167 Å². The Morgan fingerprint density at radius 1 is 1.46 bits per heavy atom. The topological polar surface area (TPSA) is 75.3 Å². The van der Waals surface area contributed by atoms with Crippen LogP contribution in [0.3, 0.4) is 0 Å². The second kappa shape index (κ2) is 7.54. The molecule has 7 heteroatoms. The van der Waals surface area contributed by atoms with Crippen molar-refractivity contribution in [3.63, 3.8) is 0 Å². The van der Waals surface area contributed by atoms with Gasteiger partial charge in [-0.1, -0.05) is 18.2 Å². The lowest BCUT2D eigenvalue weighted by Gasteiger charge is -2.25. The number of aromatic amines is 1. The Kier molecular flexibility index (Phi) is 5.10. The molecular formula is C21H25N3O3S. The molecule has 1 N–H and O–H groups in total. The number of rotatable bonds is 3. The molecule has 0 spiro atoms. The molecule has 0 saturated carbocycles. The number of allylic oxidation sites excluding steroid dienone is 3. The molecule has 2 aromatic rings. The number of ether oxygens (including phenoxy) is 1. The lowest BCUT2D eigenvalue weighted by atomic mass is 9.85. The summed E-state index contributed by atoms with van der Waals surface area (Å²) in [5, 5.41) is 0.684.